The molecule has 120 valence electrons. The quantitative estimate of drug-likeness (QED) is 0.291. The van der Waals surface area contributed by atoms with Gasteiger partial charge in [0.05, 0.1) is 4.92 Å². The summed E-state index contributed by atoms with van der Waals surface area (Å²) in [4.78, 5) is 22.1. The molecule has 0 spiro atoms. The maximum Gasteiger partial charge on any atom is 0.305 e. The van der Waals surface area contributed by atoms with Crippen LogP contribution in [0.25, 0.3) is 11.4 Å². The van der Waals surface area contributed by atoms with Crippen molar-refractivity contribution in [3.05, 3.63) is 59.7 Å². The normalized spacial score (nSPS) is 10.5. The predicted octanol–water partition coefficient (Wildman–Crippen LogP) is 2.38. The lowest BCUT2D eigenvalue weighted by Gasteiger charge is -2.06. The van der Waals surface area contributed by atoms with E-state index in [1.165, 1.54) is 11.8 Å². The van der Waals surface area contributed by atoms with Crippen LogP contribution < -0.4 is 0 Å². The maximum absolute atomic E-state index is 10.6. The fourth-order valence-electron chi connectivity index (χ4n) is 1.90. The van der Waals surface area contributed by atoms with E-state index in [1.54, 1.807) is 18.5 Å². The highest BCUT2D eigenvalue weighted by Crippen LogP contribution is 2.27. The third-order valence-electron chi connectivity index (χ3n) is 2.96. The second kappa shape index (κ2) is 6.96. The van der Waals surface area contributed by atoms with Crippen LogP contribution in [-0.4, -0.2) is 34.6 Å². The molecule has 0 amide bonds. The van der Waals surface area contributed by atoms with E-state index in [2.05, 4.69) is 31.7 Å². The van der Waals surface area contributed by atoms with Crippen LogP contribution >= 0.6 is 11.8 Å². The molecule has 0 saturated carbocycles. The summed E-state index contributed by atoms with van der Waals surface area (Å²) in [6.07, 6.45) is 7.42. The van der Waals surface area contributed by atoms with Gasteiger partial charge < -0.3 is 0 Å². The lowest BCUT2D eigenvalue weighted by atomic mass is 10.3. The van der Waals surface area contributed by atoms with E-state index in [0.29, 0.717) is 22.7 Å². The van der Waals surface area contributed by atoms with Gasteiger partial charge in [0.1, 0.15) is 12.4 Å². The molecule has 0 aliphatic rings. The fraction of sp³-hybridized carbons (Fsp3) is 0.0714. The number of hydrogen-bond acceptors (Lipinski definition) is 8. The van der Waals surface area contributed by atoms with Crippen molar-refractivity contribution >= 4 is 17.4 Å². The molecule has 0 unspecified atom stereocenters. The Morgan fingerprint density at radius 1 is 1.29 bits per heavy atom. The molecule has 10 heteroatoms. The monoisotopic (exact) mass is 341 g/mol. The molecule has 3 aromatic rings. The highest BCUT2D eigenvalue weighted by Gasteiger charge is 2.16. The van der Waals surface area contributed by atoms with E-state index < -0.39 is 4.92 Å². The van der Waals surface area contributed by atoms with Crippen molar-refractivity contribution in [3.8, 4) is 11.4 Å². The second-order valence-corrected chi connectivity index (χ2v) is 5.46. The Hall–Kier alpha value is -3.14. The van der Waals surface area contributed by atoms with Crippen molar-refractivity contribution in [2.24, 2.45) is 0 Å². The minimum Gasteiger partial charge on any atom is -0.298 e. The topological polar surface area (TPSA) is 113 Å². The summed E-state index contributed by atoms with van der Waals surface area (Å²) in [5, 5.41) is 19.9. The third-order valence-corrected chi connectivity index (χ3v) is 3.83. The van der Waals surface area contributed by atoms with Crippen molar-refractivity contribution in [2.75, 3.05) is 0 Å². The number of nitrogens with zero attached hydrogens (tertiary/aromatic N) is 7. The van der Waals surface area contributed by atoms with Crippen LogP contribution in [0, 0.1) is 10.1 Å². The summed E-state index contributed by atoms with van der Waals surface area (Å²) in [5.74, 6) is 0.646. The molecule has 3 heterocycles. The molecule has 0 saturated heterocycles. The highest BCUT2D eigenvalue weighted by molar-refractivity contribution is 7.99. The molecule has 0 fully saturated rings. The zero-order valence-corrected chi connectivity index (χ0v) is 13.1. The van der Waals surface area contributed by atoms with Crippen molar-refractivity contribution in [2.45, 2.75) is 16.9 Å². The molecule has 0 aliphatic carbocycles. The summed E-state index contributed by atoms with van der Waals surface area (Å²) in [6.45, 7) is 4.23. The Morgan fingerprint density at radius 2 is 2.08 bits per heavy atom. The Bertz CT molecular complexity index is 865. The van der Waals surface area contributed by atoms with Gasteiger partial charge in [-0.05, 0) is 23.9 Å². The molecule has 0 aliphatic heterocycles. The number of pyridine rings is 1. The largest absolute Gasteiger partial charge is 0.305 e. The van der Waals surface area contributed by atoms with Gasteiger partial charge >= 0.3 is 5.69 Å². The Labute approximate surface area is 140 Å². The van der Waals surface area contributed by atoms with E-state index >= 15 is 0 Å². The van der Waals surface area contributed by atoms with Gasteiger partial charge in [-0.3, -0.25) is 19.7 Å². The maximum atomic E-state index is 10.6. The van der Waals surface area contributed by atoms with Gasteiger partial charge in [0.25, 0.3) is 0 Å². The van der Waals surface area contributed by atoms with Crippen LogP contribution in [0.4, 0.5) is 5.69 Å². The summed E-state index contributed by atoms with van der Waals surface area (Å²) in [7, 11) is 0. The zero-order valence-electron chi connectivity index (χ0n) is 12.3. The first-order valence-corrected chi connectivity index (χ1v) is 7.59. The van der Waals surface area contributed by atoms with E-state index in [1.807, 2.05) is 16.7 Å². The molecular formula is C14H11N7O2S. The second-order valence-electron chi connectivity index (χ2n) is 4.53. The van der Waals surface area contributed by atoms with Gasteiger partial charge in [0.15, 0.2) is 16.1 Å². The molecular weight excluding hydrogens is 330 g/mol. The number of hydrogen-bond donors (Lipinski definition) is 0. The lowest BCUT2D eigenvalue weighted by molar-refractivity contribution is -0.385. The van der Waals surface area contributed by atoms with Crippen LogP contribution in [0.1, 0.15) is 0 Å². The minimum absolute atomic E-state index is 0.164. The summed E-state index contributed by atoms with van der Waals surface area (Å²) < 4.78 is 1.85. The van der Waals surface area contributed by atoms with E-state index in [-0.39, 0.29) is 5.69 Å². The standard InChI is InChI=1S/C14H11N7O2S/c1-2-6-20-12(10-4-3-5-15-7-10)18-19-14(20)24-13-16-8-11(9-17-13)21(22)23/h2-5,7-9H,1,6H2. The molecule has 3 rings (SSSR count). The van der Waals surface area contributed by atoms with Gasteiger partial charge in [-0.1, -0.05) is 6.08 Å². The first-order chi connectivity index (χ1) is 11.7. The predicted molar refractivity (Wildman–Crippen MR) is 86.3 cm³/mol. The van der Waals surface area contributed by atoms with Crippen molar-refractivity contribution < 1.29 is 4.92 Å². The van der Waals surface area contributed by atoms with Crippen molar-refractivity contribution in [3.63, 3.8) is 0 Å². The first kappa shape index (κ1) is 15.7. The van der Waals surface area contributed by atoms with Crippen LogP contribution in [0.3, 0.4) is 0 Å². The third kappa shape index (κ3) is 3.27. The van der Waals surface area contributed by atoms with Crippen LogP contribution in [0.2, 0.25) is 0 Å². The summed E-state index contributed by atoms with van der Waals surface area (Å²) >= 11 is 1.17. The van der Waals surface area contributed by atoms with E-state index in [9.17, 15) is 10.1 Å². The van der Waals surface area contributed by atoms with Gasteiger partial charge in [0, 0.05) is 24.5 Å². The summed E-state index contributed by atoms with van der Waals surface area (Å²) in [5.41, 5.74) is 0.659. The number of allylic oxidation sites excluding steroid dienone is 1. The number of rotatable bonds is 6. The SMILES string of the molecule is C=CCn1c(Sc2ncc([N+](=O)[O-])cn2)nnc1-c1cccnc1. The van der Waals surface area contributed by atoms with E-state index in [4.69, 9.17) is 0 Å². The average Bonchev–Trinajstić information content (AvgIpc) is 2.99. The number of aromatic nitrogens is 6. The lowest BCUT2D eigenvalue weighted by Crippen LogP contribution is -2.01. The average molecular weight is 341 g/mol. The minimum atomic E-state index is -0.546. The fourth-order valence-corrected chi connectivity index (χ4v) is 2.63. The molecule has 9 nitrogen and oxygen atoms in total. The molecule has 24 heavy (non-hydrogen) atoms. The molecule has 0 N–H and O–H groups in total. The molecule has 0 radical (unpaired) electrons. The van der Waals surface area contributed by atoms with Crippen LogP contribution in [-0.2, 0) is 6.54 Å². The Balaban J connectivity index is 1.92. The van der Waals surface area contributed by atoms with Gasteiger partial charge in [0.2, 0.25) is 0 Å². The highest BCUT2D eigenvalue weighted by atomic mass is 32.2. The summed E-state index contributed by atoms with van der Waals surface area (Å²) in [6, 6.07) is 3.70. The van der Waals surface area contributed by atoms with Gasteiger partial charge in [-0.15, -0.1) is 16.8 Å². The zero-order chi connectivity index (χ0) is 16.9. The Kier molecular flexibility index (Phi) is 4.57. The number of nitro groups is 1. The smallest absolute Gasteiger partial charge is 0.298 e. The Morgan fingerprint density at radius 3 is 2.71 bits per heavy atom. The van der Waals surface area contributed by atoms with Crippen molar-refractivity contribution in [1.82, 2.24) is 29.7 Å². The molecule has 0 bridgehead atoms. The van der Waals surface area contributed by atoms with Crippen molar-refractivity contribution in [1.29, 1.82) is 0 Å². The molecule has 0 aromatic carbocycles. The van der Waals surface area contributed by atoms with Gasteiger partial charge in [-0.25, -0.2) is 9.97 Å². The van der Waals surface area contributed by atoms with E-state index in [0.717, 1.165) is 18.0 Å². The van der Waals surface area contributed by atoms with Gasteiger partial charge in [-0.2, -0.15) is 0 Å². The van der Waals surface area contributed by atoms with Crippen LogP contribution in [0.15, 0.2) is 59.9 Å². The molecule has 3 aromatic heterocycles. The van der Waals surface area contributed by atoms with Crippen LogP contribution in [0.5, 0.6) is 0 Å². The molecule has 0 atom stereocenters. The first-order valence-electron chi connectivity index (χ1n) is 6.78.